The van der Waals surface area contributed by atoms with Gasteiger partial charge in [-0.1, -0.05) is 48.0 Å². The Bertz CT molecular complexity index is 902. The molecule has 1 N–H and O–H groups in total. The Morgan fingerprint density at radius 3 is 2.28 bits per heavy atom. The van der Waals surface area contributed by atoms with Gasteiger partial charge in [0.05, 0.1) is 12.6 Å². The van der Waals surface area contributed by atoms with Crippen molar-refractivity contribution in [3.8, 4) is 0 Å². The monoisotopic (exact) mass is 407 g/mol. The van der Waals surface area contributed by atoms with Crippen molar-refractivity contribution in [1.29, 1.82) is 0 Å². The minimum atomic E-state index is 0.0207. The molecule has 2 aromatic carbocycles. The molecule has 3 rings (SSSR count). The molecule has 0 aliphatic rings. The van der Waals surface area contributed by atoms with Gasteiger partial charge < -0.3 is 9.80 Å². The SMILES string of the molecule is Cc1ccc([C@@H](NCC(=O)N(C)Cc2ccc(N(C)C)cc2)c2cccs2)cc1. The van der Waals surface area contributed by atoms with Crippen molar-refractivity contribution in [2.45, 2.75) is 19.5 Å². The largest absolute Gasteiger partial charge is 0.378 e. The number of benzene rings is 2. The summed E-state index contributed by atoms with van der Waals surface area (Å²) in [5, 5.41) is 5.53. The maximum absolute atomic E-state index is 12.7. The van der Waals surface area contributed by atoms with Gasteiger partial charge in [0.15, 0.2) is 0 Å². The number of carbonyl (C=O) groups excluding carboxylic acids is 1. The summed E-state index contributed by atoms with van der Waals surface area (Å²) >= 11 is 1.70. The molecule has 1 amide bonds. The molecule has 1 heterocycles. The van der Waals surface area contributed by atoms with Crippen molar-refractivity contribution in [2.24, 2.45) is 0 Å². The minimum Gasteiger partial charge on any atom is -0.378 e. The first kappa shape index (κ1) is 21.1. The lowest BCUT2D eigenvalue weighted by atomic mass is 10.0. The maximum atomic E-state index is 12.7. The Hall–Kier alpha value is -2.63. The van der Waals surface area contributed by atoms with E-state index < -0.39 is 0 Å². The molecule has 0 saturated carbocycles. The predicted molar refractivity (Wildman–Crippen MR) is 123 cm³/mol. The lowest BCUT2D eigenvalue weighted by molar-refractivity contribution is -0.129. The Labute approximate surface area is 177 Å². The van der Waals surface area contributed by atoms with Gasteiger partial charge in [-0.25, -0.2) is 0 Å². The average molecular weight is 408 g/mol. The number of hydrogen-bond acceptors (Lipinski definition) is 4. The fraction of sp³-hybridized carbons (Fsp3) is 0.292. The van der Waals surface area contributed by atoms with Gasteiger partial charge in [-0.15, -0.1) is 11.3 Å². The summed E-state index contributed by atoms with van der Waals surface area (Å²) in [5.41, 5.74) is 4.68. The summed E-state index contributed by atoms with van der Waals surface area (Å²) in [4.78, 5) is 17.8. The molecule has 1 atom stereocenters. The molecule has 3 aromatic rings. The number of aryl methyl sites for hydroxylation is 1. The van der Waals surface area contributed by atoms with Crippen molar-refractivity contribution < 1.29 is 4.79 Å². The van der Waals surface area contributed by atoms with E-state index in [2.05, 4.69) is 77.1 Å². The van der Waals surface area contributed by atoms with E-state index in [4.69, 9.17) is 0 Å². The Morgan fingerprint density at radius 2 is 1.69 bits per heavy atom. The number of rotatable bonds is 8. The van der Waals surface area contributed by atoms with E-state index in [1.165, 1.54) is 16.0 Å². The second-order valence-corrected chi connectivity index (χ2v) is 8.53. The fourth-order valence-corrected chi connectivity index (χ4v) is 4.01. The van der Waals surface area contributed by atoms with Crippen LogP contribution in [0.2, 0.25) is 0 Å². The molecule has 0 bridgehead atoms. The van der Waals surface area contributed by atoms with Crippen LogP contribution in [-0.4, -0.2) is 38.5 Å². The smallest absolute Gasteiger partial charge is 0.236 e. The van der Waals surface area contributed by atoms with E-state index in [1.807, 2.05) is 27.2 Å². The number of thiophene rings is 1. The maximum Gasteiger partial charge on any atom is 0.236 e. The molecule has 5 heteroatoms. The molecule has 1 aromatic heterocycles. The number of nitrogens with zero attached hydrogens (tertiary/aromatic N) is 2. The van der Waals surface area contributed by atoms with Crippen molar-refractivity contribution in [2.75, 3.05) is 32.6 Å². The zero-order valence-corrected chi connectivity index (χ0v) is 18.4. The normalized spacial score (nSPS) is 11.9. The Morgan fingerprint density at radius 1 is 1.00 bits per heavy atom. The summed E-state index contributed by atoms with van der Waals surface area (Å²) in [7, 11) is 5.90. The van der Waals surface area contributed by atoms with E-state index in [-0.39, 0.29) is 11.9 Å². The third-order valence-corrected chi connectivity index (χ3v) is 5.93. The molecule has 152 valence electrons. The van der Waals surface area contributed by atoms with E-state index in [1.54, 1.807) is 16.2 Å². The molecule has 0 fully saturated rings. The van der Waals surface area contributed by atoms with Crippen LogP contribution in [-0.2, 0) is 11.3 Å². The lowest BCUT2D eigenvalue weighted by Crippen LogP contribution is -2.37. The highest BCUT2D eigenvalue weighted by molar-refractivity contribution is 7.10. The van der Waals surface area contributed by atoms with E-state index >= 15 is 0 Å². The average Bonchev–Trinajstić information content (AvgIpc) is 3.24. The molecule has 0 radical (unpaired) electrons. The van der Waals surface area contributed by atoms with Crippen molar-refractivity contribution >= 4 is 22.9 Å². The highest BCUT2D eigenvalue weighted by atomic mass is 32.1. The topological polar surface area (TPSA) is 35.6 Å². The number of amides is 1. The molecule has 0 aliphatic heterocycles. The quantitative estimate of drug-likeness (QED) is 0.599. The van der Waals surface area contributed by atoms with Gasteiger partial charge in [-0.3, -0.25) is 10.1 Å². The second kappa shape index (κ2) is 9.72. The first-order valence-corrected chi connectivity index (χ1v) is 10.7. The first-order chi connectivity index (χ1) is 13.9. The minimum absolute atomic E-state index is 0.0207. The molecule has 29 heavy (non-hydrogen) atoms. The van der Waals surface area contributed by atoms with Gasteiger partial charge in [0.1, 0.15) is 0 Å². The third kappa shape index (κ3) is 5.68. The van der Waals surface area contributed by atoms with E-state index in [0.29, 0.717) is 13.1 Å². The summed E-state index contributed by atoms with van der Waals surface area (Å²) in [6.45, 7) is 2.98. The predicted octanol–water partition coefficient (Wildman–Crippen LogP) is 4.46. The molecule has 4 nitrogen and oxygen atoms in total. The van der Waals surface area contributed by atoms with Crippen LogP contribution in [0.15, 0.2) is 66.0 Å². The summed E-state index contributed by atoms with van der Waals surface area (Å²) in [6.07, 6.45) is 0. The van der Waals surface area contributed by atoms with Crippen molar-refractivity contribution in [1.82, 2.24) is 10.2 Å². The zero-order valence-electron chi connectivity index (χ0n) is 17.6. The van der Waals surface area contributed by atoms with Crippen LogP contribution < -0.4 is 10.2 Å². The first-order valence-electron chi connectivity index (χ1n) is 9.77. The van der Waals surface area contributed by atoms with Crippen molar-refractivity contribution in [3.63, 3.8) is 0 Å². The van der Waals surface area contributed by atoms with E-state index in [9.17, 15) is 4.79 Å². The summed E-state index contributed by atoms with van der Waals surface area (Å²) < 4.78 is 0. The van der Waals surface area contributed by atoms with Crippen LogP contribution in [0.4, 0.5) is 5.69 Å². The second-order valence-electron chi connectivity index (χ2n) is 7.55. The van der Waals surface area contributed by atoms with Gasteiger partial charge in [0.2, 0.25) is 5.91 Å². The number of hydrogen-bond donors (Lipinski definition) is 1. The Kier molecular flexibility index (Phi) is 7.07. The summed E-state index contributed by atoms with van der Waals surface area (Å²) in [5.74, 6) is 0.0790. The molecule has 0 unspecified atom stereocenters. The number of nitrogens with one attached hydrogen (secondary N) is 1. The molecule has 0 spiro atoms. The van der Waals surface area contributed by atoms with Crippen LogP contribution in [0.3, 0.4) is 0 Å². The van der Waals surface area contributed by atoms with Crippen LogP contribution in [0.25, 0.3) is 0 Å². The van der Waals surface area contributed by atoms with Crippen LogP contribution in [0, 0.1) is 6.92 Å². The van der Waals surface area contributed by atoms with E-state index in [0.717, 1.165) is 11.3 Å². The fourth-order valence-electron chi connectivity index (χ4n) is 3.18. The van der Waals surface area contributed by atoms with Gasteiger partial charge in [0, 0.05) is 38.3 Å². The van der Waals surface area contributed by atoms with Crippen LogP contribution in [0.1, 0.15) is 27.6 Å². The lowest BCUT2D eigenvalue weighted by Gasteiger charge is -2.22. The number of carbonyl (C=O) groups is 1. The van der Waals surface area contributed by atoms with Crippen molar-refractivity contribution in [3.05, 3.63) is 87.6 Å². The van der Waals surface area contributed by atoms with Crippen LogP contribution in [0.5, 0.6) is 0 Å². The molecular weight excluding hydrogens is 378 g/mol. The Balaban J connectivity index is 1.62. The van der Waals surface area contributed by atoms with Gasteiger partial charge in [-0.05, 0) is 41.6 Å². The van der Waals surface area contributed by atoms with Gasteiger partial charge >= 0.3 is 0 Å². The van der Waals surface area contributed by atoms with Gasteiger partial charge in [-0.2, -0.15) is 0 Å². The number of anilines is 1. The zero-order chi connectivity index (χ0) is 20.8. The molecular formula is C24H29N3OS. The standard InChI is InChI=1S/C24H29N3OS/c1-18-7-11-20(12-8-18)24(22-6-5-15-29-22)25-16-23(28)27(4)17-19-9-13-21(14-10-19)26(2)3/h5-15,24-25H,16-17H2,1-4H3/t24-/m1/s1. The summed E-state index contributed by atoms with van der Waals surface area (Å²) in [6, 6.07) is 21.0. The highest BCUT2D eigenvalue weighted by Gasteiger charge is 2.17. The molecule has 0 aliphatic carbocycles. The number of likely N-dealkylation sites (N-methyl/N-ethyl adjacent to an activating group) is 1. The van der Waals surface area contributed by atoms with Gasteiger partial charge in [0.25, 0.3) is 0 Å². The molecule has 0 saturated heterocycles. The third-order valence-electron chi connectivity index (χ3n) is 4.99. The highest BCUT2D eigenvalue weighted by Crippen LogP contribution is 2.26. The van der Waals surface area contributed by atoms with Crippen LogP contribution >= 0.6 is 11.3 Å².